The van der Waals surface area contributed by atoms with Gasteiger partial charge < -0.3 is 10.0 Å². The molecule has 2 rings (SSSR count). The maximum absolute atomic E-state index is 12.6. The van der Waals surface area contributed by atoms with Crippen LogP contribution in [0.3, 0.4) is 0 Å². The van der Waals surface area contributed by atoms with Crippen LogP contribution in [0.2, 0.25) is 0 Å². The van der Waals surface area contributed by atoms with Crippen molar-refractivity contribution in [2.45, 2.75) is 57.8 Å². The van der Waals surface area contributed by atoms with Crippen molar-refractivity contribution in [1.82, 2.24) is 4.90 Å². The summed E-state index contributed by atoms with van der Waals surface area (Å²) >= 11 is 0. The summed E-state index contributed by atoms with van der Waals surface area (Å²) in [5.74, 6) is 2.20. The summed E-state index contributed by atoms with van der Waals surface area (Å²) < 4.78 is 0. The molecule has 4 nitrogen and oxygen atoms in total. The van der Waals surface area contributed by atoms with Crippen LogP contribution in [0.25, 0.3) is 0 Å². The van der Waals surface area contributed by atoms with Crippen LogP contribution < -0.4 is 0 Å². The van der Waals surface area contributed by atoms with Crippen molar-refractivity contribution >= 4 is 11.9 Å². The van der Waals surface area contributed by atoms with E-state index >= 15 is 0 Å². The average Bonchev–Trinajstić information content (AvgIpc) is 3.25. The van der Waals surface area contributed by atoms with Gasteiger partial charge >= 0.3 is 5.97 Å². The van der Waals surface area contributed by atoms with Gasteiger partial charge in [-0.2, -0.15) is 0 Å². The van der Waals surface area contributed by atoms with Crippen LogP contribution >= 0.6 is 0 Å². The molecule has 0 atom stereocenters. The number of hydrogen-bond acceptors (Lipinski definition) is 2. The predicted molar refractivity (Wildman–Crippen MR) is 80.5 cm³/mol. The van der Waals surface area contributed by atoms with Crippen molar-refractivity contribution in [3.63, 3.8) is 0 Å². The molecule has 1 N–H and O–H groups in total. The Hall–Kier alpha value is -1.50. The Kier molecular flexibility index (Phi) is 5.27. The van der Waals surface area contributed by atoms with E-state index < -0.39 is 11.4 Å². The molecule has 21 heavy (non-hydrogen) atoms. The number of terminal acetylenes is 1. The molecule has 0 spiro atoms. The maximum atomic E-state index is 12.6. The third-order valence-corrected chi connectivity index (χ3v) is 4.81. The number of aliphatic carboxylic acids is 1. The number of rotatable bonds is 6. The summed E-state index contributed by atoms with van der Waals surface area (Å²) in [5, 5.41) is 9.66. The molecule has 0 aromatic carbocycles. The second kappa shape index (κ2) is 6.98. The minimum atomic E-state index is -0.871. The molecule has 116 valence electrons. The lowest BCUT2D eigenvalue weighted by molar-refractivity contribution is -0.154. The fourth-order valence-electron chi connectivity index (χ4n) is 3.25. The van der Waals surface area contributed by atoms with Crippen LogP contribution in [0.5, 0.6) is 0 Å². The van der Waals surface area contributed by atoms with E-state index in [1.54, 1.807) is 4.90 Å². The fraction of sp³-hybridized carbons (Fsp3) is 0.765. The van der Waals surface area contributed by atoms with Crippen LogP contribution in [0.1, 0.15) is 57.8 Å². The second-order valence-corrected chi connectivity index (χ2v) is 6.60. The highest BCUT2D eigenvalue weighted by Crippen LogP contribution is 2.39. The van der Waals surface area contributed by atoms with Gasteiger partial charge in [0.25, 0.3) is 0 Å². The normalized spacial score (nSPS) is 21.1. The molecule has 2 aliphatic carbocycles. The highest BCUT2D eigenvalue weighted by atomic mass is 16.4. The summed E-state index contributed by atoms with van der Waals surface area (Å²) in [6, 6.07) is 0. The first-order chi connectivity index (χ1) is 10.1. The van der Waals surface area contributed by atoms with E-state index in [1.165, 1.54) is 0 Å². The van der Waals surface area contributed by atoms with Gasteiger partial charge in [0.05, 0.1) is 12.0 Å². The number of carbonyl (C=O) groups is 2. The van der Waals surface area contributed by atoms with Crippen LogP contribution in [-0.2, 0) is 9.59 Å². The number of nitrogens with zero attached hydrogens (tertiary/aromatic N) is 1. The third kappa shape index (κ3) is 4.23. The van der Waals surface area contributed by atoms with Gasteiger partial charge in [-0.3, -0.25) is 9.59 Å². The first kappa shape index (κ1) is 15.9. The number of hydrogen-bond donors (Lipinski definition) is 1. The van der Waals surface area contributed by atoms with E-state index in [9.17, 15) is 14.7 Å². The van der Waals surface area contributed by atoms with Crippen molar-refractivity contribution in [2.24, 2.45) is 11.3 Å². The monoisotopic (exact) mass is 291 g/mol. The van der Waals surface area contributed by atoms with Crippen LogP contribution in [0.4, 0.5) is 0 Å². The number of carboxylic acid groups (broad SMARTS) is 1. The lowest BCUT2D eigenvalue weighted by atomic mass is 9.77. The molecular formula is C17H25NO3. The Morgan fingerprint density at radius 3 is 2.29 bits per heavy atom. The van der Waals surface area contributed by atoms with Gasteiger partial charge in [-0.1, -0.05) is 31.6 Å². The zero-order valence-corrected chi connectivity index (χ0v) is 12.6. The summed E-state index contributed by atoms with van der Waals surface area (Å²) in [6.45, 7) is 0.990. The van der Waals surface area contributed by atoms with Crippen molar-refractivity contribution in [2.75, 3.05) is 13.1 Å². The van der Waals surface area contributed by atoms with Gasteiger partial charge in [0.1, 0.15) is 0 Å². The molecule has 2 aliphatic rings. The molecule has 2 fully saturated rings. The summed E-state index contributed by atoms with van der Waals surface area (Å²) in [6.07, 6.45) is 12.9. The van der Waals surface area contributed by atoms with Crippen molar-refractivity contribution < 1.29 is 14.7 Å². The van der Waals surface area contributed by atoms with E-state index in [1.807, 2.05) is 0 Å². The van der Waals surface area contributed by atoms with Gasteiger partial charge in [-0.15, -0.1) is 6.42 Å². The summed E-state index contributed by atoms with van der Waals surface area (Å²) in [7, 11) is 0. The van der Waals surface area contributed by atoms with E-state index in [4.69, 9.17) is 6.42 Å². The highest BCUT2D eigenvalue weighted by molar-refractivity contribution is 5.85. The molecule has 0 aromatic heterocycles. The predicted octanol–water partition coefficient (Wildman–Crippen LogP) is 2.67. The zero-order valence-electron chi connectivity index (χ0n) is 12.6. The second-order valence-electron chi connectivity index (χ2n) is 6.60. The quantitative estimate of drug-likeness (QED) is 0.604. The van der Waals surface area contributed by atoms with Gasteiger partial charge in [-0.25, -0.2) is 0 Å². The molecule has 0 bridgehead atoms. The van der Waals surface area contributed by atoms with E-state index in [0.717, 1.165) is 38.5 Å². The summed E-state index contributed by atoms with van der Waals surface area (Å²) in [5.41, 5.74) is -0.871. The molecule has 2 saturated carbocycles. The standard InChI is InChI=1S/C17H25NO3/c1-2-11-18(13-14-7-8-14)15(19)12-17(16(20)21)9-5-3-4-6-10-17/h1,14H,3-13H2,(H,20,21). The number of carboxylic acids is 1. The van der Waals surface area contributed by atoms with Crippen molar-refractivity contribution in [3.8, 4) is 12.3 Å². The SMILES string of the molecule is C#CCN(CC1CC1)C(=O)CC1(C(=O)O)CCCCCC1. The molecule has 0 saturated heterocycles. The molecule has 0 radical (unpaired) electrons. The molecule has 0 aliphatic heterocycles. The Labute approximate surface area is 126 Å². The Bertz CT molecular complexity index is 426. The highest BCUT2D eigenvalue weighted by Gasteiger charge is 2.41. The van der Waals surface area contributed by atoms with E-state index in [-0.39, 0.29) is 12.3 Å². The first-order valence-electron chi connectivity index (χ1n) is 8.02. The molecule has 4 heteroatoms. The van der Waals surface area contributed by atoms with Gasteiger partial charge in [0.15, 0.2) is 0 Å². The van der Waals surface area contributed by atoms with Crippen LogP contribution in [0.15, 0.2) is 0 Å². The average molecular weight is 291 g/mol. The van der Waals surface area contributed by atoms with Crippen molar-refractivity contribution in [3.05, 3.63) is 0 Å². The molecule has 1 amide bonds. The lowest BCUT2D eigenvalue weighted by Crippen LogP contribution is -2.40. The Morgan fingerprint density at radius 2 is 1.81 bits per heavy atom. The van der Waals surface area contributed by atoms with Gasteiger partial charge in [0.2, 0.25) is 5.91 Å². The topological polar surface area (TPSA) is 57.6 Å². The van der Waals surface area contributed by atoms with E-state index in [0.29, 0.717) is 31.8 Å². The Balaban J connectivity index is 2.04. The van der Waals surface area contributed by atoms with E-state index in [2.05, 4.69) is 5.92 Å². The minimum absolute atomic E-state index is 0.0795. The molecule has 0 unspecified atom stereocenters. The Morgan fingerprint density at radius 1 is 1.19 bits per heavy atom. The molecule has 0 heterocycles. The molecular weight excluding hydrogens is 266 g/mol. The smallest absolute Gasteiger partial charge is 0.310 e. The van der Waals surface area contributed by atoms with Gasteiger partial charge in [0, 0.05) is 13.0 Å². The van der Waals surface area contributed by atoms with Crippen molar-refractivity contribution in [1.29, 1.82) is 0 Å². The molecule has 0 aromatic rings. The minimum Gasteiger partial charge on any atom is -0.481 e. The number of carbonyl (C=O) groups excluding carboxylic acids is 1. The van der Waals surface area contributed by atoms with Crippen LogP contribution in [0, 0.1) is 23.7 Å². The lowest BCUT2D eigenvalue weighted by Gasteiger charge is -2.30. The van der Waals surface area contributed by atoms with Gasteiger partial charge in [-0.05, 0) is 31.6 Å². The fourth-order valence-corrected chi connectivity index (χ4v) is 3.25. The first-order valence-corrected chi connectivity index (χ1v) is 8.02. The number of amides is 1. The van der Waals surface area contributed by atoms with Crippen LogP contribution in [-0.4, -0.2) is 35.0 Å². The maximum Gasteiger partial charge on any atom is 0.310 e. The summed E-state index contributed by atoms with van der Waals surface area (Å²) in [4.78, 5) is 26.0. The third-order valence-electron chi connectivity index (χ3n) is 4.81. The zero-order chi connectivity index (χ0) is 15.3. The largest absolute Gasteiger partial charge is 0.481 e.